The van der Waals surface area contributed by atoms with Gasteiger partial charge >= 0.3 is 5.97 Å². The first-order valence-electron chi connectivity index (χ1n) is 8.62. The molecule has 2 fully saturated rings. The summed E-state index contributed by atoms with van der Waals surface area (Å²) in [5.41, 5.74) is 3.72. The third kappa shape index (κ3) is 3.42. The number of aliphatic carboxylic acids is 1. The Kier molecular flexibility index (Phi) is 4.58. The Morgan fingerprint density at radius 1 is 1.29 bits per heavy atom. The summed E-state index contributed by atoms with van der Waals surface area (Å²) >= 11 is 0. The minimum Gasteiger partial charge on any atom is -0.481 e. The summed E-state index contributed by atoms with van der Waals surface area (Å²) in [7, 11) is 2.22. The van der Waals surface area contributed by atoms with Gasteiger partial charge in [0.1, 0.15) is 5.75 Å². The average Bonchev–Trinajstić information content (AvgIpc) is 2.86. The Labute approximate surface area is 144 Å². The first-order valence-corrected chi connectivity index (χ1v) is 8.62. The van der Waals surface area contributed by atoms with E-state index in [0.29, 0.717) is 11.2 Å². The molecule has 2 atom stereocenters. The Balaban J connectivity index is 1.67. The number of rotatable bonds is 5. The summed E-state index contributed by atoms with van der Waals surface area (Å²) in [6, 6.07) is 4.26. The van der Waals surface area contributed by atoms with E-state index in [1.54, 1.807) is 0 Å². The molecular weight excluding hydrogens is 304 g/mol. The van der Waals surface area contributed by atoms with Gasteiger partial charge in [-0.3, -0.25) is 4.90 Å². The normalized spacial score (nSPS) is 27.4. The molecule has 0 radical (unpaired) electrons. The molecule has 1 N–H and O–H groups in total. The second kappa shape index (κ2) is 6.37. The summed E-state index contributed by atoms with van der Waals surface area (Å²) in [6.07, 6.45) is 0. The molecule has 24 heavy (non-hydrogen) atoms. The van der Waals surface area contributed by atoms with Crippen molar-refractivity contribution < 1.29 is 14.6 Å². The van der Waals surface area contributed by atoms with Crippen LogP contribution in [-0.4, -0.2) is 60.7 Å². The number of carboxylic acid groups (broad SMARTS) is 1. The van der Waals surface area contributed by atoms with Gasteiger partial charge in [0.2, 0.25) is 0 Å². The van der Waals surface area contributed by atoms with Gasteiger partial charge in [0.25, 0.3) is 0 Å². The molecule has 0 spiro atoms. The number of fused-ring (bicyclic) bond motifs is 1. The van der Waals surface area contributed by atoms with Crippen LogP contribution in [0, 0.1) is 25.2 Å². The van der Waals surface area contributed by atoms with Crippen molar-refractivity contribution in [3.63, 3.8) is 0 Å². The topological polar surface area (TPSA) is 53.0 Å². The number of carboxylic acids is 1. The number of nitrogens with zero attached hydrogens (tertiary/aromatic N) is 2. The van der Waals surface area contributed by atoms with Crippen LogP contribution in [0.2, 0.25) is 0 Å². The second-order valence-corrected chi connectivity index (χ2v) is 7.96. The maximum absolute atomic E-state index is 10.7. The summed E-state index contributed by atoms with van der Waals surface area (Å²) in [5, 5.41) is 8.79. The SMILES string of the molecule is Cc1cc(CN2C[C@H]3CN(C)C[C@@]3(C)C2)cc(C)c1OCC(=O)O. The van der Waals surface area contributed by atoms with E-state index in [2.05, 4.69) is 35.9 Å². The van der Waals surface area contributed by atoms with Crippen LogP contribution in [-0.2, 0) is 11.3 Å². The van der Waals surface area contributed by atoms with Crippen molar-refractivity contribution in [3.8, 4) is 5.75 Å². The van der Waals surface area contributed by atoms with Crippen molar-refractivity contribution in [3.05, 3.63) is 28.8 Å². The predicted octanol–water partition coefficient (Wildman–Crippen LogP) is 2.15. The van der Waals surface area contributed by atoms with Gasteiger partial charge in [-0.15, -0.1) is 0 Å². The van der Waals surface area contributed by atoms with Gasteiger partial charge in [-0.25, -0.2) is 4.79 Å². The number of hydrogen-bond acceptors (Lipinski definition) is 4. The number of aryl methyl sites for hydroxylation is 2. The van der Waals surface area contributed by atoms with Gasteiger partial charge < -0.3 is 14.7 Å². The molecule has 0 unspecified atom stereocenters. The zero-order chi connectivity index (χ0) is 17.5. The van der Waals surface area contributed by atoms with E-state index in [0.717, 1.165) is 36.7 Å². The summed E-state index contributed by atoms with van der Waals surface area (Å²) in [6.45, 7) is 11.8. The Morgan fingerprint density at radius 3 is 2.54 bits per heavy atom. The molecule has 0 bridgehead atoms. The summed E-state index contributed by atoms with van der Waals surface area (Å²) in [5.74, 6) is 0.524. The number of likely N-dealkylation sites (tertiary alicyclic amines) is 2. The van der Waals surface area contributed by atoms with Crippen LogP contribution in [0.4, 0.5) is 0 Å². The van der Waals surface area contributed by atoms with Crippen molar-refractivity contribution in [2.75, 3.05) is 39.8 Å². The summed E-state index contributed by atoms with van der Waals surface area (Å²) in [4.78, 5) is 15.7. The molecule has 1 aromatic rings. The first-order chi connectivity index (χ1) is 11.3. The molecule has 2 aliphatic rings. The Hall–Kier alpha value is -1.59. The lowest BCUT2D eigenvalue weighted by atomic mass is 9.83. The average molecular weight is 332 g/mol. The van der Waals surface area contributed by atoms with E-state index in [1.165, 1.54) is 18.7 Å². The highest BCUT2D eigenvalue weighted by molar-refractivity contribution is 5.68. The molecule has 5 heteroatoms. The molecule has 0 saturated carbocycles. The van der Waals surface area contributed by atoms with Crippen LogP contribution < -0.4 is 4.74 Å². The van der Waals surface area contributed by atoms with Crippen molar-refractivity contribution in [2.24, 2.45) is 11.3 Å². The first kappa shape index (κ1) is 17.2. The number of hydrogen-bond donors (Lipinski definition) is 1. The van der Waals surface area contributed by atoms with E-state index in [9.17, 15) is 4.79 Å². The molecule has 0 aromatic heterocycles. The maximum Gasteiger partial charge on any atom is 0.341 e. The van der Waals surface area contributed by atoms with Crippen LogP contribution in [0.15, 0.2) is 12.1 Å². The molecule has 2 heterocycles. The number of carbonyl (C=O) groups is 1. The lowest BCUT2D eigenvalue weighted by Gasteiger charge is -2.24. The van der Waals surface area contributed by atoms with Gasteiger partial charge in [0.15, 0.2) is 6.61 Å². The molecule has 2 aliphatic heterocycles. The lowest BCUT2D eigenvalue weighted by Crippen LogP contribution is -2.30. The second-order valence-electron chi connectivity index (χ2n) is 7.96. The van der Waals surface area contributed by atoms with Gasteiger partial charge in [-0.05, 0) is 48.9 Å². The fraction of sp³-hybridized carbons (Fsp3) is 0.632. The highest BCUT2D eigenvalue weighted by atomic mass is 16.5. The van der Waals surface area contributed by atoms with Gasteiger partial charge in [0.05, 0.1) is 0 Å². The lowest BCUT2D eigenvalue weighted by molar-refractivity contribution is -0.139. The molecule has 5 nitrogen and oxygen atoms in total. The maximum atomic E-state index is 10.7. The third-order valence-electron chi connectivity index (χ3n) is 5.48. The Bertz CT molecular complexity index is 622. The van der Waals surface area contributed by atoms with Crippen LogP contribution >= 0.6 is 0 Å². The molecule has 3 rings (SSSR count). The minimum absolute atomic E-state index is 0.291. The van der Waals surface area contributed by atoms with E-state index in [-0.39, 0.29) is 6.61 Å². The summed E-state index contributed by atoms with van der Waals surface area (Å²) < 4.78 is 5.42. The van der Waals surface area contributed by atoms with E-state index < -0.39 is 5.97 Å². The zero-order valence-corrected chi connectivity index (χ0v) is 15.1. The quantitative estimate of drug-likeness (QED) is 0.895. The zero-order valence-electron chi connectivity index (χ0n) is 15.1. The molecule has 0 aliphatic carbocycles. The molecule has 0 amide bonds. The van der Waals surface area contributed by atoms with Crippen LogP contribution in [0.5, 0.6) is 5.75 Å². The number of benzene rings is 1. The fourth-order valence-corrected chi connectivity index (χ4v) is 4.62. The van der Waals surface area contributed by atoms with Gasteiger partial charge in [0, 0.05) is 32.7 Å². The molecule has 132 valence electrons. The van der Waals surface area contributed by atoms with Crippen LogP contribution in [0.25, 0.3) is 0 Å². The van der Waals surface area contributed by atoms with Crippen molar-refractivity contribution in [1.29, 1.82) is 0 Å². The highest BCUT2D eigenvalue weighted by Gasteiger charge is 2.47. The third-order valence-corrected chi connectivity index (χ3v) is 5.48. The molecule has 2 saturated heterocycles. The van der Waals surface area contributed by atoms with Crippen LogP contribution in [0.3, 0.4) is 0 Å². The van der Waals surface area contributed by atoms with Gasteiger partial charge in [-0.2, -0.15) is 0 Å². The van der Waals surface area contributed by atoms with Crippen LogP contribution in [0.1, 0.15) is 23.6 Å². The Morgan fingerprint density at radius 2 is 1.96 bits per heavy atom. The fourth-order valence-electron chi connectivity index (χ4n) is 4.62. The molecule has 1 aromatic carbocycles. The van der Waals surface area contributed by atoms with Gasteiger partial charge in [-0.1, -0.05) is 19.1 Å². The van der Waals surface area contributed by atoms with E-state index in [1.807, 2.05) is 13.8 Å². The minimum atomic E-state index is -0.945. The van der Waals surface area contributed by atoms with E-state index in [4.69, 9.17) is 9.84 Å². The van der Waals surface area contributed by atoms with E-state index >= 15 is 0 Å². The monoisotopic (exact) mass is 332 g/mol. The van der Waals surface area contributed by atoms with Crippen molar-refractivity contribution in [2.45, 2.75) is 27.3 Å². The number of ether oxygens (including phenoxy) is 1. The highest BCUT2D eigenvalue weighted by Crippen LogP contribution is 2.42. The molecular formula is C19H28N2O3. The van der Waals surface area contributed by atoms with Crippen molar-refractivity contribution in [1.82, 2.24) is 9.80 Å². The van der Waals surface area contributed by atoms with Crippen molar-refractivity contribution >= 4 is 5.97 Å². The standard InChI is InChI=1S/C19H28N2O3/c1-13-5-15(6-14(2)18(13)24-10-17(22)23)7-21-9-16-8-20(4)11-19(16,3)12-21/h5-6,16H,7-12H2,1-4H3,(H,22,23)/t16-,19+/m1/s1. The largest absolute Gasteiger partial charge is 0.481 e. The smallest absolute Gasteiger partial charge is 0.341 e. The predicted molar refractivity (Wildman–Crippen MR) is 93.4 cm³/mol.